The van der Waals surface area contributed by atoms with Crippen molar-refractivity contribution in [2.45, 2.75) is 37.7 Å². The molecule has 2 heterocycles. The second kappa shape index (κ2) is 6.97. The summed E-state index contributed by atoms with van der Waals surface area (Å²) < 4.78 is 0. The average Bonchev–Trinajstić information content (AvgIpc) is 3.10. The van der Waals surface area contributed by atoms with Gasteiger partial charge in [0.25, 0.3) is 5.56 Å². The maximum absolute atomic E-state index is 11.2. The number of rotatable bonds is 5. The molecule has 0 radical (unpaired) electrons. The lowest BCUT2D eigenvalue weighted by molar-refractivity contribution is 0.0353. The molecule has 2 unspecified atom stereocenters. The molecule has 4 rings (SSSR count). The molecule has 2 aromatic rings. The molecular weight excluding hydrogens is 326 g/mol. The number of hydrogen-bond donors (Lipinski definition) is 2. The summed E-state index contributed by atoms with van der Waals surface area (Å²) in [4.78, 5) is 13.7. The molecule has 5 nitrogen and oxygen atoms in total. The first-order chi connectivity index (χ1) is 12.5. The highest BCUT2D eigenvalue weighted by atomic mass is 16.3. The second-order valence-corrected chi connectivity index (χ2v) is 8.28. The van der Waals surface area contributed by atoms with Crippen molar-refractivity contribution in [3.05, 3.63) is 64.1 Å². The molecule has 2 fully saturated rings. The molecule has 0 spiro atoms. The van der Waals surface area contributed by atoms with Crippen LogP contribution < -0.4 is 5.56 Å². The Kier molecular flexibility index (Phi) is 4.67. The fraction of sp³-hybridized carbons (Fsp3) is 0.524. The fourth-order valence-corrected chi connectivity index (χ4v) is 4.94. The van der Waals surface area contributed by atoms with E-state index in [0.717, 1.165) is 44.6 Å². The van der Waals surface area contributed by atoms with Crippen LogP contribution in [0.1, 0.15) is 36.9 Å². The predicted octanol–water partition coefficient (Wildman–Crippen LogP) is 2.19. The van der Waals surface area contributed by atoms with E-state index in [1.807, 2.05) is 24.3 Å². The van der Waals surface area contributed by atoms with E-state index in [2.05, 4.69) is 34.2 Å². The molecule has 1 aliphatic heterocycles. The van der Waals surface area contributed by atoms with Crippen molar-refractivity contribution in [1.29, 1.82) is 0 Å². The number of H-pyrrole nitrogens is 1. The number of aromatic amines is 1. The zero-order valence-corrected chi connectivity index (χ0v) is 15.3. The van der Waals surface area contributed by atoms with Gasteiger partial charge in [-0.15, -0.1) is 0 Å². The largest absolute Gasteiger partial charge is 0.390 e. The van der Waals surface area contributed by atoms with Crippen LogP contribution in [0.5, 0.6) is 0 Å². The van der Waals surface area contributed by atoms with E-state index in [1.54, 1.807) is 6.07 Å². The van der Waals surface area contributed by atoms with E-state index in [-0.39, 0.29) is 11.5 Å². The topological polar surface area (TPSA) is 69.2 Å². The maximum atomic E-state index is 11.2. The lowest BCUT2D eigenvalue weighted by atomic mass is 9.91. The van der Waals surface area contributed by atoms with Gasteiger partial charge in [0, 0.05) is 38.0 Å². The summed E-state index contributed by atoms with van der Waals surface area (Å²) in [5.41, 5.74) is 1.45. The standard InChI is InChI=1S/C21H27N3O2/c1-15(19-7-8-20(25)23-22-19)12-24-13-17-10-21(26,11-18(17)14-24)9-16-5-3-2-4-6-16/h2-8,15,17-18,26H,9-14H2,1H3,(H,23,25)/t15?,17-,18+,21?. The van der Waals surface area contributed by atoms with Crippen LogP contribution in [0.15, 0.2) is 47.3 Å². The summed E-state index contributed by atoms with van der Waals surface area (Å²) >= 11 is 0. The van der Waals surface area contributed by atoms with Crippen molar-refractivity contribution in [1.82, 2.24) is 15.1 Å². The normalized spacial score (nSPS) is 29.6. The molecule has 1 aromatic carbocycles. The maximum Gasteiger partial charge on any atom is 0.264 e. The number of benzene rings is 1. The van der Waals surface area contributed by atoms with E-state index in [9.17, 15) is 9.90 Å². The first-order valence-electron chi connectivity index (χ1n) is 9.55. The quantitative estimate of drug-likeness (QED) is 0.865. The summed E-state index contributed by atoms with van der Waals surface area (Å²) in [6.45, 7) is 5.20. The summed E-state index contributed by atoms with van der Waals surface area (Å²) in [6, 6.07) is 13.7. The number of nitrogens with one attached hydrogen (secondary N) is 1. The number of likely N-dealkylation sites (tertiary alicyclic amines) is 1. The van der Waals surface area contributed by atoms with Gasteiger partial charge in [0.1, 0.15) is 0 Å². The molecule has 5 heteroatoms. The van der Waals surface area contributed by atoms with Gasteiger partial charge >= 0.3 is 0 Å². The van der Waals surface area contributed by atoms with Gasteiger partial charge in [-0.1, -0.05) is 37.3 Å². The smallest absolute Gasteiger partial charge is 0.264 e. The molecule has 0 amide bonds. The SMILES string of the molecule is CC(CN1C[C@@H]2CC(O)(Cc3ccccc3)C[C@@H]2C1)c1ccc(=O)[nH]n1. The molecule has 1 saturated carbocycles. The van der Waals surface area contributed by atoms with Crippen LogP contribution in [0.25, 0.3) is 0 Å². The predicted molar refractivity (Wildman–Crippen MR) is 101 cm³/mol. The zero-order valence-electron chi connectivity index (χ0n) is 15.3. The molecule has 2 aliphatic rings. The summed E-state index contributed by atoms with van der Waals surface area (Å²) in [7, 11) is 0. The van der Waals surface area contributed by atoms with Crippen LogP contribution in [-0.2, 0) is 6.42 Å². The highest BCUT2D eigenvalue weighted by Crippen LogP contribution is 2.45. The van der Waals surface area contributed by atoms with Gasteiger partial charge in [-0.05, 0) is 36.3 Å². The zero-order chi connectivity index (χ0) is 18.1. The number of nitrogens with zero attached hydrogens (tertiary/aromatic N) is 2. The van der Waals surface area contributed by atoms with Crippen molar-refractivity contribution in [3.63, 3.8) is 0 Å². The monoisotopic (exact) mass is 353 g/mol. The van der Waals surface area contributed by atoms with Crippen molar-refractivity contribution < 1.29 is 5.11 Å². The highest BCUT2D eigenvalue weighted by molar-refractivity contribution is 5.18. The summed E-state index contributed by atoms with van der Waals surface area (Å²) in [5, 5.41) is 17.7. The van der Waals surface area contributed by atoms with Crippen molar-refractivity contribution in [3.8, 4) is 0 Å². The Hall–Kier alpha value is -1.98. The molecule has 4 atom stereocenters. The Balaban J connectivity index is 1.33. The van der Waals surface area contributed by atoms with Gasteiger partial charge in [-0.3, -0.25) is 4.79 Å². The Labute approximate surface area is 154 Å². The molecule has 0 bridgehead atoms. The number of hydrogen-bond acceptors (Lipinski definition) is 4. The lowest BCUT2D eigenvalue weighted by Crippen LogP contribution is -2.33. The van der Waals surface area contributed by atoms with Gasteiger partial charge in [0.05, 0.1) is 11.3 Å². The minimum absolute atomic E-state index is 0.158. The van der Waals surface area contributed by atoms with Gasteiger partial charge in [0.15, 0.2) is 0 Å². The Bertz CT molecular complexity index is 770. The molecule has 138 valence electrons. The number of aliphatic hydroxyl groups is 1. The minimum atomic E-state index is -0.547. The van der Waals surface area contributed by atoms with Gasteiger partial charge in [-0.2, -0.15) is 5.10 Å². The van der Waals surface area contributed by atoms with E-state index in [0.29, 0.717) is 11.8 Å². The highest BCUT2D eigenvalue weighted by Gasteiger charge is 2.48. The van der Waals surface area contributed by atoms with E-state index in [1.165, 1.54) is 5.56 Å². The lowest BCUT2D eigenvalue weighted by Gasteiger charge is -2.27. The van der Waals surface area contributed by atoms with Crippen LogP contribution >= 0.6 is 0 Å². The third kappa shape index (κ3) is 3.74. The summed E-state index contributed by atoms with van der Waals surface area (Å²) in [6.07, 6.45) is 2.56. The van der Waals surface area contributed by atoms with Crippen LogP contribution in [0.2, 0.25) is 0 Å². The molecule has 1 saturated heterocycles. The number of fused-ring (bicyclic) bond motifs is 1. The van der Waals surface area contributed by atoms with Gasteiger partial charge in [-0.25, -0.2) is 5.10 Å². The Morgan fingerprint density at radius 2 is 1.88 bits per heavy atom. The Morgan fingerprint density at radius 1 is 1.19 bits per heavy atom. The first-order valence-corrected chi connectivity index (χ1v) is 9.55. The van der Waals surface area contributed by atoms with E-state index >= 15 is 0 Å². The minimum Gasteiger partial charge on any atom is -0.390 e. The molecule has 1 aliphatic carbocycles. The average molecular weight is 353 g/mol. The van der Waals surface area contributed by atoms with Crippen molar-refractivity contribution in [2.75, 3.05) is 19.6 Å². The molecular formula is C21H27N3O2. The first kappa shape index (κ1) is 17.4. The van der Waals surface area contributed by atoms with Gasteiger partial charge in [0.2, 0.25) is 0 Å². The fourth-order valence-electron chi connectivity index (χ4n) is 4.94. The van der Waals surface area contributed by atoms with Crippen molar-refractivity contribution in [2.24, 2.45) is 11.8 Å². The van der Waals surface area contributed by atoms with Crippen LogP contribution in [-0.4, -0.2) is 45.4 Å². The second-order valence-electron chi connectivity index (χ2n) is 8.28. The Morgan fingerprint density at radius 3 is 2.50 bits per heavy atom. The van der Waals surface area contributed by atoms with Crippen LogP contribution in [0, 0.1) is 11.8 Å². The van der Waals surface area contributed by atoms with Gasteiger partial charge < -0.3 is 10.0 Å². The van der Waals surface area contributed by atoms with E-state index in [4.69, 9.17) is 0 Å². The molecule has 2 N–H and O–H groups in total. The van der Waals surface area contributed by atoms with E-state index < -0.39 is 5.60 Å². The van der Waals surface area contributed by atoms with Crippen LogP contribution in [0.3, 0.4) is 0 Å². The van der Waals surface area contributed by atoms with Crippen molar-refractivity contribution >= 4 is 0 Å². The van der Waals surface area contributed by atoms with Crippen LogP contribution in [0.4, 0.5) is 0 Å². The number of aromatic nitrogens is 2. The third-order valence-electron chi connectivity index (χ3n) is 6.05. The molecule has 26 heavy (non-hydrogen) atoms. The summed E-state index contributed by atoms with van der Waals surface area (Å²) in [5.74, 6) is 1.45. The third-order valence-corrected chi connectivity index (χ3v) is 6.05. The molecule has 1 aromatic heterocycles.